The first-order chi connectivity index (χ1) is 5.09. The van der Waals surface area contributed by atoms with Crippen molar-refractivity contribution in [3.05, 3.63) is 0 Å². The first-order valence-corrected chi connectivity index (χ1v) is 3.35. The van der Waals surface area contributed by atoms with E-state index in [1.54, 1.807) is 0 Å². The number of Topliss-reactive ketones (excluding diaryl/α,β-unsaturated/α-hetero) is 3. The molecule has 0 saturated heterocycles. The molecular formula is C7H8O4. The number of carbonyl (C=O) groups is 3. The summed E-state index contributed by atoms with van der Waals surface area (Å²) < 4.78 is 0. The highest BCUT2D eigenvalue weighted by Crippen LogP contribution is 2.08. The lowest BCUT2D eigenvalue weighted by molar-refractivity contribution is -0.138. The molecule has 0 spiro atoms. The lowest BCUT2D eigenvalue weighted by atomic mass is 10.1. The van der Waals surface area contributed by atoms with Crippen LogP contribution in [-0.4, -0.2) is 28.6 Å². The molecule has 0 aromatic rings. The summed E-state index contributed by atoms with van der Waals surface area (Å²) in [5, 5.41) is 8.95. The molecule has 60 valence electrons. The third kappa shape index (κ3) is 1.94. The van der Waals surface area contributed by atoms with Crippen LogP contribution in [0.3, 0.4) is 0 Å². The van der Waals surface area contributed by atoms with Crippen LogP contribution < -0.4 is 0 Å². The molecule has 1 N–H and O–H groups in total. The largest absolute Gasteiger partial charge is 0.392 e. The van der Waals surface area contributed by atoms with Gasteiger partial charge in [0.1, 0.15) is 5.78 Å². The molecule has 0 aliphatic heterocycles. The van der Waals surface area contributed by atoms with Crippen molar-refractivity contribution in [2.75, 3.05) is 0 Å². The second-order valence-electron chi connectivity index (χ2n) is 2.62. The minimum Gasteiger partial charge on any atom is -0.392 e. The molecule has 0 aromatic heterocycles. The summed E-state index contributed by atoms with van der Waals surface area (Å²) in [6, 6.07) is 0. The van der Waals surface area contributed by atoms with E-state index < -0.39 is 17.7 Å². The van der Waals surface area contributed by atoms with E-state index in [4.69, 9.17) is 5.11 Å². The van der Waals surface area contributed by atoms with Crippen molar-refractivity contribution in [3.8, 4) is 0 Å². The molecule has 1 aliphatic carbocycles. The fourth-order valence-electron chi connectivity index (χ4n) is 1.01. The molecule has 1 rings (SSSR count). The van der Waals surface area contributed by atoms with Crippen molar-refractivity contribution in [1.29, 1.82) is 0 Å². The molecule has 0 aromatic carbocycles. The van der Waals surface area contributed by atoms with Crippen LogP contribution >= 0.6 is 0 Å². The Kier molecular flexibility index (Phi) is 2.14. The minimum atomic E-state index is -0.957. The van der Waals surface area contributed by atoms with Gasteiger partial charge in [0.2, 0.25) is 11.6 Å². The monoisotopic (exact) mass is 156 g/mol. The standard InChI is InChI=1S/C7H8O4/c8-4-1-5(9)3-7(11)6(10)2-4/h4,8H,1-3H2. The maximum atomic E-state index is 10.7. The van der Waals surface area contributed by atoms with Gasteiger partial charge in [-0.15, -0.1) is 0 Å². The summed E-state index contributed by atoms with van der Waals surface area (Å²) in [7, 11) is 0. The Balaban J connectivity index is 2.74. The van der Waals surface area contributed by atoms with Gasteiger partial charge in [-0.2, -0.15) is 0 Å². The fourth-order valence-corrected chi connectivity index (χ4v) is 1.01. The number of rotatable bonds is 0. The third-order valence-corrected chi connectivity index (χ3v) is 1.55. The molecule has 0 heterocycles. The lowest BCUT2D eigenvalue weighted by Gasteiger charge is -2.00. The average Bonchev–Trinajstić information content (AvgIpc) is 1.93. The quantitative estimate of drug-likeness (QED) is 0.284. The Bertz CT molecular complexity index is 218. The molecule has 1 atom stereocenters. The van der Waals surface area contributed by atoms with E-state index in [-0.39, 0.29) is 25.0 Å². The smallest absolute Gasteiger partial charge is 0.205 e. The Morgan fingerprint density at radius 1 is 1.09 bits per heavy atom. The van der Waals surface area contributed by atoms with E-state index in [1.165, 1.54) is 0 Å². The third-order valence-electron chi connectivity index (χ3n) is 1.55. The van der Waals surface area contributed by atoms with E-state index in [0.29, 0.717) is 0 Å². The van der Waals surface area contributed by atoms with Crippen molar-refractivity contribution < 1.29 is 19.5 Å². The van der Waals surface area contributed by atoms with Gasteiger partial charge < -0.3 is 5.11 Å². The number of ketones is 3. The van der Waals surface area contributed by atoms with Crippen molar-refractivity contribution in [3.63, 3.8) is 0 Å². The summed E-state index contributed by atoms with van der Waals surface area (Å²) in [5.74, 6) is -1.66. The van der Waals surface area contributed by atoms with Crippen LogP contribution in [0.25, 0.3) is 0 Å². The molecule has 1 saturated carbocycles. The highest BCUT2D eigenvalue weighted by atomic mass is 16.3. The Hall–Kier alpha value is -1.03. The summed E-state index contributed by atoms with van der Waals surface area (Å²) >= 11 is 0. The normalized spacial score (nSPS) is 27.0. The fraction of sp³-hybridized carbons (Fsp3) is 0.571. The predicted octanol–water partition coefficient (Wildman–Crippen LogP) is -0.762. The summed E-state index contributed by atoms with van der Waals surface area (Å²) in [6.07, 6.45) is -1.57. The van der Waals surface area contributed by atoms with Gasteiger partial charge in [-0.25, -0.2) is 0 Å². The molecule has 0 radical (unpaired) electrons. The second-order valence-corrected chi connectivity index (χ2v) is 2.62. The highest BCUT2D eigenvalue weighted by Gasteiger charge is 2.26. The lowest BCUT2D eigenvalue weighted by Crippen LogP contribution is -2.15. The van der Waals surface area contributed by atoms with E-state index >= 15 is 0 Å². The number of aliphatic hydroxyl groups is 1. The van der Waals surface area contributed by atoms with Gasteiger partial charge in [0.15, 0.2) is 0 Å². The number of hydrogen-bond acceptors (Lipinski definition) is 4. The Labute approximate surface area is 63.2 Å². The van der Waals surface area contributed by atoms with E-state index in [9.17, 15) is 14.4 Å². The maximum Gasteiger partial charge on any atom is 0.205 e. The summed E-state index contributed by atoms with van der Waals surface area (Å²) in [4.78, 5) is 32.1. The van der Waals surface area contributed by atoms with Gasteiger partial charge in [0.05, 0.1) is 12.5 Å². The van der Waals surface area contributed by atoms with Crippen LogP contribution in [0.4, 0.5) is 0 Å². The molecule has 1 unspecified atom stereocenters. The van der Waals surface area contributed by atoms with Crippen molar-refractivity contribution in [2.45, 2.75) is 25.4 Å². The molecule has 0 amide bonds. The van der Waals surface area contributed by atoms with Crippen LogP contribution in [0.1, 0.15) is 19.3 Å². The zero-order valence-corrected chi connectivity index (χ0v) is 5.87. The first-order valence-electron chi connectivity index (χ1n) is 3.35. The zero-order chi connectivity index (χ0) is 8.43. The van der Waals surface area contributed by atoms with Crippen LogP contribution in [0.15, 0.2) is 0 Å². The topological polar surface area (TPSA) is 71.4 Å². The number of aliphatic hydroxyl groups excluding tert-OH is 1. The van der Waals surface area contributed by atoms with Crippen molar-refractivity contribution in [1.82, 2.24) is 0 Å². The molecule has 11 heavy (non-hydrogen) atoms. The Morgan fingerprint density at radius 3 is 2.36 bits per heavy atom. The molecule has 1 aliphatic rings. The molecule has 0 bridgehead atoms. The van der Waals surface area contributed by atoms with Gasteiger partial charge >= 0.3 is 0 Å². The van der Waals surface area contributed by atoms with Gasteiger partial charge in [-0.3, -0.25) is 14.4 Å². The summed E-state index contributed by atoms with van der Waals surface area (Å²) in [5.41, 5.74) is 0. The van der Waals surface area contributed by atoms with Gasteiger partial charge in [0, 0.05) is 12.8 Å². The van der Waals surface area contributed by atoms with Gasteiger partial charge in [-0.1, -0.05) is 0 Å². The van der Waals surface area contributed by atoms with Crippen LogP contribution in [0, 0.1) is 0 Å². The van der Waals surface area contributed by atoms with E-state index in [0.717, 1.165) is 0 Å². The SMILES string of the molecule is O=C1CC(=O)C(=O)CC(O)C1. The van der Waals surface area contributed by atoms with Crippen molar-refractivity contribution in [2.24, 2.45) is 0 Å². The summed E-state index contributed by atoms with van der Waals surface area (Å²) in [6.45, 7) is 0. The van der Waals surface area contributed by atoms with Crippen molar-refractivity contribution >= 4 is 17.3 Å². The zero-order valence-electron chi connectivity index (χ0n) is 5.87. The molecule has 1 fully saturated rings. The minimum absolute atomic E-state index is 0.0719. The number of hydrogen-bond donors (Lipinski definition) is 1. The first kappa shape index (κ1) is 8.07. The number of carbonyl (C=O) groups excluding carboxylic acids is 3. The van der Waals surface area contributed by atoms with E-state index in [1.807, 2.05) is 0 Å². The van der Waals surface area contributed by atoms with Gasteiger partial charge in [-0.05, 0) is 0 Å². The van der Waals surface area contributed by atoms with Crippen LogP contribution in [0.2, 0.25) is 0 Å². The second kappa shape index (κ2) is 2.92. The maximum absolute atomic E-state index is 10.7. The predicted molar refractivity (Wildman–Crippen MR) is 34.9 cm³/mol. The van der Waals surface area contributed by atoms with Gasteiger partial charge in [0.25, 0.3) is 0 Å². The van der Waals surface area contributed by atoms with Crippen LogP contribution in [0.5, 0.6) is 0 Å². The molecule has 4 heteroatoms. The van der Waals surface area contributed by atoms with Crippen LogP contribution in [-0.2, 0) is 14.4 Å². The Morgan fingerprint density at radius 2 is 1.73 bits per heavy atom. The average molecular weight is 156 g/mol. The van der Waals surface area contributed by atoms with E-state index in [2.05, 4.69) is 0 Å². The molecule has 4 nitrogen and oxygen atoms in total. The molecular weight excluding hydrogens is 148 g/mol. The highest BCUT2D eigenvalue weighted by molar-refractivity contribution is 6.41.